The van der Waals surface area contributed by atoms with Gasteiger partial charge in [0.25, 0.3) is 0 Å². The molecule has 0 saturated heterocycles. The van der Waals surface area contributed by atoms with Crippen molar-refractivity contribution in [3.8, 4) is 0 Å². The highest BCUT2D eigenvalue weighted by Crippen LogP contribution is 2.62. The maximum atomic E-state index is 13.6. The Morgan fingerprint density at radius 3 is 2.33 bits per heavy atom. The average Bonchev–Trinajstić information content (AvgIpc) is 2.53. The second-order valence-corrected chi connectivity index (χ2v) is 8.82. The molecule has 4 fully saturated rings. The molecular weight excluding hydrogens is 319 g/mol. The lowest BCUT2D eigenvalue weighted by atomic mass is 9.48. The summed E-state index contributed by atoms with van der Waals surface area (Å²) in [5.41, 5.74) is 2.53. The zero-order valence-electron chi connectivity index (χ0n) is 13.7. The lowest BCUT2D eigenvalue weighted by molar-refractivity contribution is -0.0331. The fourth-order valence-electron chi connectivity index (χ4n) is 6.18. The van der Waals surface area contributed by atoms with Crippen molar-refractivity contribution in [2.75, 3.05) is 0 Å². The molecule has 6 rings (SSSR count). The fraction of sp³-hybridized carbons (Fsp3) is 0.550. The van der Waals surface area contributed by atoms with E-state index in [0.29, 0.717) is 5.11 Å². The number of hydrogen-bond donors (Lipinski definition) is 2. The fourth-order valence-corrected chi connectivity index (χ4v) is 6.42. The van der Waals surface area contributed by atoms with Gasteiger partial charge in [0, 0.05) is 11.1 Å². The van der Waals surface area contributed by atoms with Gasteiger partial charge in [0.1, 0.15) is 5.82 Å². The summed E-state index contributed by atoms with van der Waals surface area (Å²) in [6.45, 7) is 0. The van der Waals surface area contributed by atoms with Gasteiger partial charge < -0.3 is 10.6 Å². The van der Waals surface area contributed by atoms with Crippen LogP contribution in [0.4, 0.5) is 4.39 Å². The molecule has 1 atom stereocenters. The minimum atomic E-state index is -0.191. The summed E-state index contributed by atoms with van der Waals surface area (Å²) in [6, 6.07) is 6.82. The smallest absolute Gasteiger partial charge is 0.171 e. The van der Waals surface area contributed by atoms with Crippen LogP contribution in [0.25, 0.3) is 0 Å². The van der Waals surface area contributed by atoms with E-state index in [1.807, 2.05) is 6.07 Å². The van der Waals surface area contributed by atoms with Crippen molar-refractivity contribution < 1.29 is 4.39 Å². The van der Waals surface area contributed by atoms with E-state index in [2.05, 4.69) is 16.7 Å². The largest absolute Gasteiger partial charge is 0.352 e. The van der Waals surface area contributed by atoms with Crippen molar-refractivity contribution in [2.24, 2.45) is 23.2 Å². The number of nitrogens with one attached hydrogen (secondary N) is 2. The van der Waals surface area contributed by atoms with E-state index in [-0.39, 0.29) is 17.3 Å². The third-order valence-corrected chi connectivity index (χ3v) is 6.91. The molecule has 1 aromatic carbocycles. The van der Waals surface area contributed by atoms with Gasteiger partial charge >= 0.3 is 0 Å². The van der Waals surface area contributed by atoms with Crippen LogP contribution in [0.5, 0.6) is 0 Å². The zero-order valence-corrected chi connectivity index (χ0v) is 14.5. The molecule has 0 aromatic heterocycles. The zero-order chi connectivity index (χ0) is 16.3. The molecule has 4 aliphatic carbocycles. The normalized spacial score (nSPS) is 40.0. The third kappa shape index (κ3) is 2.38. The molecule has 4 saturated carbocycles. The molecule has 0 radical (unpaired) electrons. The van der Waals surface area contributed by atoms with Crippen molar-refractivity contribution in [1.29, 1.82) is 0 Å². The van der Waals surface area contributed by atoms with E-state index >= 15 is 0 Å². The molecule has 1 aliphatic heterocycles. The first-order valence-electron chi connectivity index (χ1n) is 9.15. The van der Waals surface area contributed by atoms with E-state index < -0.39 is 0 Å². The van der Waals surface area contributed by atoms with E-state index in [0.717, 1.165) is 23.3 Å². The number of halogens is 1. The van der Waals surface area contributed by atoms with Gasteiger partial charge in [-0.25, -0.2) is 4.39 Å². The molecule has 1 aromatic rings. The second kappa shape index (κ2) is 5.29. The number of benzene rings is 1. The Kier molecular flexibility index (Phi) is 3.28. The summed E-state index contributed by atoms with van der Waals surface area (Å²) >= 11 is 5.49. The van der Waals surface area contributed by atoms with Gasteiger partial charge in [0.05, 0.1) is 6.04 Å². The molecule has 4 bridgehead atoms. The standard InChI is InChI=1S/C20H23FN2S/c21-16-3-1-2-15(7-16)17-8-18(23-19(24)22-17)20-9-12-4-13(10-20)6-14(5-12)11-20/h1-3,7-8,12-14,17H,4-6,9-11H2,(H2,22,23,24)/t12?,13?,14?,17-,20?/m1/s1. The monoisotopic (exact) mass is 342 g/mol. The molecule has 0 amide bonds. The van der Waals surface area contributed by atoms with Crippen molar-refractivity contribution >= 4 is 17.3 Å². The average molecular weight is 342 g/mol. The van der Waals surface area contributed by atoms with Crippen molar-refractivity contribution in [3.63, 3.8) is 0 Å². The van der Waals surface area contributed by atoms with Crippen LogP contribution in [0.15, 0.2) is 36.0 Å². The Hall–Kier alpha value is -1.42. The molecule has 2 N–H and O–H groups in total. The Morgan fingerprint density at radius 2 is 1.71 bits per heavy atom. The summed E-state index contributed by atoms with van der Waals surface area (Å²) in [5, 5.41) is 7.45. The first-order chi connectivity index (χ1) is 11.6. The predicted molar refractivity (Wildman–Crippen MR) is 96.7 cm³/mol. The van der Waals surface area contributed by atoms with Crippen molar-refractivity contribution in [3.05, 3.63) is 47.4 Å². The van der Waals surface area contributed by atoms with Crippen LogP contribution in [-0.4, -0.2) is 5.11 Å². The van der Waals surface area contributed by atoms with E-state index in [1.54, 1.807) is 12.1 Å². The summed E-state index contributed by atoms with van der Waals surface area (Å²) in [7, 11) is 0. The lowest BCUT2D eigenvalue weighted by Gasteiger charge is -2.58. The van der Waals surface area contributed by atoms with Crippen LogP contribution in [0, 0.1) is 29.0 Å². The maximum Gasteiger partial charge on any atom is 0.171 e. The van der Waals surface area contributed by atoms with Crippen LogP contribution in [0.2, 0.25) is 0 Å². The SMILES string of the molecule is Fc1cccc([C@H]2C=C(C34CC5CC(CC(C5)C3)C4)NC(=S)N2)c1. The van der Waals surface area contributed by atoms with Gasteiger partial charge in [0.15, 0.2) is 5.11 Å². The van der Waals surface area contributed by atoms with Crippen LogP contribution >= 0.6 is 12.2 Å². The highest BCUT2D eigenvalue weighted by atomic mass is 32.1. The number of hydrogen-bond acceptors (Lipinski definition) is 1. The topological polar surface area (TPSA) is 24.1 Å². The summed E-state index contributed by atoms with van der Waals surface area (Å²) in [6.07, 6.45) is 10.5. The van der Waals surface area contributed by atoms with E-state index in [4.69, 9.17) is 12.2 Å². The molecule has 0 spiro atoms. The first-order valence-corrected chi connectivity index (χ1v) is 9.56. The van der Waals surface area contributed by atoms with E-state index in [1.165, 1.54) is 50.3 Å². The Morgan fingerprint density at radius 1 is 1.04 bits per heavy atom. The first kappa shape index (κ1) is 14.9. The lowest BCUT2D eigenvalue weighted by Crippen LogP contribution is -2.53. The second-order valence-electron chi connectivity index (χ2n) is 8.41. The Labute approximate surface area is 147 Å². The number of thiocarbonyl (C=S) groups is 1. The third-order valence-electron chi connectivity index (χ3n) is 6.69. The minimum Gasteiger partial charge on any atom is -0.352 e. The van der Waals surface area contributed by atoms with Crippen LogP contribution in [0.3, 0.4) is 0 Å². The number of rotatable bonds is 2. The quantitative estimate of drug-likeness (QED) is 0.777. The summed E-state index contributed by atoms with van der Waals surface area (Å²) < 4.78 is 13.6. The van der Waals surface area contributed by atoms with Gasteiger partial charge in [-0.15, -0.1) is 0 Å². The summed E-state index contributed by atoms with van der Waals surface area (Å²) in [4.78, 5) is 0. The van der Waals surface area contributed by atoms with Crippen LogP contribution in [0.1, 0.15) is 50.1 Å². The number of allylic oxidation sites excluding steroid dienone is 1. The molecule has 24 heavy (non-hydrogen) atoms. The van der Waals surface area contributed by atoms with Crippen LogP contribution < -0.4 is 10.6 Å². The Bertz CT molecular complexity index is 691. The molecule has 0 unspecified atom stereocenters. The van der Waals surface area contributed by atoms with E-state index in [9.17, 15) is 4.39 Å². The van der Waals surface area contributed by atoms with Gasteiger partial charge in [-0.05, 0) is 92.3 Å². The van der Waals surface area contributed by atoms with Gasteiger partial charge in [-0.3, -0.25) is 0 Å². The van der Waals surface area contributed by atoms with Crippen molar-refractivity contribution in [2.45, 2.75) is 44.6 Å². The molecule has 5 aliphatic rings. The van der Waals surface area contributed by atoms with Crippen molar-refractivity contribution in [1.82, 2.24) is 10.6 Å². The summed E-state index contributed by atoms with van der Waals surface area (Å²) in [5.74, 6) is 2.50. The predicted octanol–water partition coefficient (Wildman–Crippen LogP) is 4.44. The molecule has 2 nitrogen and oxygen atoms in total. The highest BCUT2D eigenvalue weighted by molar-refractivity contribution is 7.80. The molecule has 4 heteroatoms. The van der Waals surface area contributed by atoms with Gasteiger partial charge in [-0.1, -0.05) is 12.1 Å². The molecule has 126 valence electrons. The van der Waals surface area contributed by atoms with Gasteiger partial charge in [-0.2, -0.15) is 0 Å². The van der Waals surface area contributed by atoms with Crippen LogP contribution in [-0.2, 0) is 0 Å². The Balaban J connectivity index is 1.51. The maximum absolute atomic E-state index is 13.6. The highest BCUT2D eigenvalue weighted by Gasteiger charge is 2.53. The molecular formula is C20H23FN2S. The molecule has 1 heterocycles. The minimum absolute atomic E-state index is 0.0301. The van der Waals surface area contributed by atoms with Gasteiger partial charge in [0.2, 0.25) is 0 Å².